The molecule has 0 aliphatic carbocycles. The summed E-state index contributed by atoms with van der Waals surface area (Å²) in [6.07, 6.45) is 3.62. The fourth-order valence-electron chi connectivity index (χ4n) is 2.57. The number of nitrogens with one attached hydrogen (secondary N) is 1. The van der Waals surface area contributed by atoms with Gasteiger partial charge >= 0.3 is 0 Å². The summed E-state index contributed by atoms with van der Waals surface area (Å²) in [6, 6.07) is 1.61. The Morgan fingerprint density at radius 1 is 1.45 bits per heavy atom. The number of hydrogen-bond acceptors (Lipinski definition) is 4. The summed E-state index contributed by atoms with van der Waals surface area (Å²) in [5.41, 5.74) is 6.23. The van der Waals surface area contributed by atoms with E-state index in [1.807, 2.05) is 0 Å². The smallest absolute Gasteiger partial charge is 0.244 e. The zero-order chi connectivity index (χ0) is 14.8. The summed E-state index contributed by atoms with van der Waals surface area (Å²) in [7, 11) is 0.349. The minimum absolute atomic E-state index is 0.299. The number of nitrogens with zero attached hydrogens (tertiary/aromatic N) is 2. The molecule has 0 amide bonds. The van der Waals surface area contributed by atoms with Crippen molar-refractivity contribution in [2.24, 2.45) is 11.7 Å². The predicted molar refractivity (Wildman–Crippen MR) is 78.7 cm³/mol. The molecule has 0 atom stereocenters. The summed E-state index contributed by atoms with van der Waals surface area (Å²) < 4.78 is 26.4. The molecular weight excluding hydrogens is 276 g/mol. The van der Waals surface area contributed by atoms with Gasteiger partial charge in [0.05, 0.1) is 4.90 Å². The maximum absolute atomic E-state index is 12.5. The van der Waals surface area contributed by atoms with Gasteiger partial charge in [0.25, 0.3) is 0 Å². The van der Waals surface area contributed by atoms with Gasteiger partial charge in [-0.15, -0.1) is 0 Å². The van der Waals surface area contributed by atoms with Gasteiger partial charge in [-0.1, -0.05) is 0 Å². The number of aromatic amines is 1. The Bertz CT molecular complexity index is 532. The van der Waals surface area contributed by atoms with E-state index in [2.05, 4.69) is 16.9 Å². The highest BCUT2D eigenvalue weighted by Crippen LogP contribution is 2.21. The van der Waals surface area contributed by atoms with Crippen LogP contribution in [0.2, 0.25) is 0 Å². The number of rotatable bonds is 5. The molecule has 0 bridgehead atoms. The molecule has 2 heterocycles. The van der Waals surface area contributed by atoms with Crippen LogP contribution < -0.4 is 5.73 Å². The summed E-state index contributed by atoms with van der Waals surface area (Å²) >= 11 is 0. The maximum atomic E-state index is 12.5. The minimum Gasteiger partial charge on any atom is -0.363 e. The first-order valence-corrected chi connectivity index (χ1v) is 8.39. The van der Waals surface area contributed by atoms with Crippen LogP contribution >= 0.6 is 0 Å². The van der Waals surface area contributed by atoms with Crippen molar-refractivity contribution in [1.82, 2.24) is 14.2 Å². The molecule has 1 aliphatic heterocycles. The van der Waals surface area contributed by atoms with E-state index in [1.54, 1.807) is 13.1 Å². The van der Waals surface area contributed by atoms with Crippen LogP contribution in [0.1, 0.15) is 18.5 Å². The molecule has 2 rings (SSSR count). The largest absolute Gasteiger partial charge is 0.363 e. The highest BCUT2D eigenvalue weighted by atomic mass is 32.2. The van der Waals surface area contributed by atoms with Gasteiger partial charge < -0.3 is 15.6 Å². The molecule has 0 saturated carbocycles. The zero-order valence-corrected chi connectivity index (χ0v) is 13.0. The summed E-state index contributed by atoms with van der Waals surface area (Å²) in [5.74, 6) is 0.443. The molecule has 1 aromatic rings. The van der Waals surface area contributed by atoms with Gasteiger partial charge in [-0.2, -0.15) is 0 Å². The fourth-order valence-corrected chi connectivity index (χ4v) is 3.84. The molecule has 0 radical (unpaired) electrons. The van der Waals surface area contributed by atoms with Crippen LogP contribution in [0.25, 0.3) is 0 Å². The van der Waals surface area contributed by atoms with Gasteiger partial charge in [-0.05, 0) is 45.0 Å². The second-order valence-corrected chi connectivity index (χ2v) is 7.64. The van der Waals surface area contributed by atoms with Gasteiger partial charge in [0.1, 0.15) is 0 Å². The number of sulfonamides is 1. The Morgan fingerprint density at radius 2 is 2.10 bits per heavy atom. The molecule has 3 N–H and O–H groups in total. The molecule has 1 aliphatic rings. The van der Waals surface area contributed by atoms with Crippen molar-refractivity contribution in [3.63, 3.8) is 0 Å². The lowest BCUT2D eigenvalue weighted by atomic mass is 9.97. The third kappa shape index (κ3) is 3.41. The number of hydrogen-bond donors (Lipinski definition) is 2. The first kappa shape index (κ1) is 15.5. The molecule has 114 valence electrons. The third-order valence-corrected chi connectivity index (χ3v) is 5.80. The van der Waals surface area contributed by atoms with E-state index in [-0.39, 0.29) is 0 Å². The first-order valence-electron chi connectivity index (χ1n) is 6.95. The Morgan fingerprint density at radius 3 is 2.65 bits per heavy atom. The quantitative estimate of drug-likeness (QED) is 0.826. The normalized spacial score (nSPS) is 18.8. The van der Waals surface area contributed by atoms with Gasteiger partial charge in [0.15, 0.2) is 0 Å². The van der Waals surface area contributed by atoms with Crippen LogP contribution in [0.15, 0.2) is 17.2 Å². The van der Waals surface area contributed by atoms with Crippen LogP contribution in [0, 0.1) is 5.92 Å². The second-order valence-electron chi connectivity index (χ2n) is 5.60. The predicted octanol–water partition coefficient (Wildman–Crippen LogP) is 0.436. The van der Waals surface area contributed by atoms with Crippen LogP contribution in [0.4, 0.5) is 0 Å². The molecular formula is C13H24N4O2S. The number of nitrogens with two attached hydrogens (primary N) is 1. The Labute approximate surface area is 121 Å². The van der Waals surface area contributed by atoms with Crippen molar-refractivity contribution in [3.05, 3.63) is 18.0 Å². The lowest BCUT2D eigenvalue weighted by Gasteiger charge is -2.31. The second kappa shape index (κ2) is 6.26. The van der Waals surface area contributed by atoms with Crippen molar-refractivity contribution in [2.75, 3.05) is 33.7 Å². The van der Waals surface area contributed by atoms with E-state index in [4.69, 9.17) is 5.73 Å². The van der Waals surface area contributed by atoms with Crippen LogP contribution in [-0.2, 0) is 16.6 Å². The number of likely N-dealkylation sites (tertiary alicyclic amines) is 1. The van der Waals surface area contributed by atoms with Crippen molar-refractivity contribution in [2.45, 2.75) is 24.3 Å². The SMILES string of the molecule is CN1CCC(CN(C)S(=O)(=O)c2c[nH]c(CN)c2)CC1. The van der Waals surface area contributed by atoms with Crippen LogP contribution in [-0.4, -0.2) is 56.3 Å². The number of aromatic nitrogens is 1. The van der Waals surface area contributed by atoms with Crippen molar-refractivity contribution >= 4 is 10.0 Å². The van der Waals surface area contributed by atoms with E-state index in [0.717, 1.165) is 31.6 Å². The van der Waals surface area contributed by atoms with Gasteiger partial charge in [-0.3, -0.25) is 0 Å². The van der Waals surface area contributed by atoms with E-state index in [0.29, 0.717) is 23.9 Å². The molecule has 1 aromatic heterocycles. The average molecular weight is 300 g/mol. The van der Waals surface area contributed by atoms with Gasteiger partial charge in [0.2, 0.25) is 10.0 Å². The lowest BCUT2D eigenvalue weighted by Crippen LogP contribution is -2.37. The Balaban J connectivity index is 2.01. The maximum Gasteiger partial charge on any atom is 0.244 e. The summed E-state index contributed by atoms with van der Waals surface area (Å²) in [4.78, 5) is 5.47. The third-order valence-electron chi connectivity index (χ3n) is 4.00. The molecule has 0 spiro atoms. The molecule has 0 unspecified atom stereocenters. The highest BCUT2D eigenvalue weighted by molar-refractivity contribution is 7.89. The Hall–Kier alpha value is -0.890. The molecule has 1 fully saturated rings. The van der Waals surface area contributed by atoms with Gasteiger partial charge in [0, 0.05) is 32.0 Å². The average Bonchev–Trinajstić information content (AvgIpc) is 2.90. The molecule has 1 saturated heterocycles. The summed E-state index contributed by atoms with van der Waals surface area (Å²) in [6.45, 7) is 2.98. The fraction of sp³-hybridized carbons (Fsp3) is 0.692. The minimum atomic E-state index is -3.41. The molecule has 6 nitrogen and oxygen atoms in total. The number of piperidine rings is 1. The Kier molecular flexibility index (Phi) is 4.85. The monoisotopic (exact) mass is 300 g/mol. The molecule has 7 heteroatoms. The molecule has 0 aromatic carbocycles. The summed E-state index contributed by atoms with van der Waals surface area (Å²) in [5, 5.41) is 0. The van der Waals surface area contributed by atoms with Crippen LogP contribution in [0.5, 0.6) is 0 Å². The van der Waals surface area contributed by atoms with Crippen molar-refractivity contribution < 1.29 is 8.42 Å². The molecule has 20 heavy (non-hydrogen) atoms. The topological polar surface area (TPSA) is 82.4 Å². The zero-order valence-electron chi connectivity index (χ0n) is 12.2. The van der Waals surface area contributed by atoms with E-state index in [9.17, 15) is 8.42 Å². The lowest BCUT2D eigenvalue weighted by molar-refractivity contribution is 0.202. The number of H-pyrrole nitrogens is 1. The van der Waals surface area contributed by atoms with E-state index in [1.165, 1.54) is 10.5 Å². The highest BCUT2D eigenvalue weighted by Gasteiger charge is 2.26. The van der Waals surface area contributed by atoms with E-state index < -0.39 is 10.0 Å². The van der Waals surface area contributed by atoms with Crippen LogP contribution in [0.3, 0.4) is 0 Å². The standard InChI is InChI=1S/C13H24N4O2S/c1-16-5-3-11(4-6-16)10-17(2)20(18,19)13-7-12(8-14)15-9-13/h7,9,11,15H,3-6,8,10,14H2,1-2H3. The van der Waals surface area contributed by atoms with Crippen molar-refractivity contribution in [1.29, 1.82) is 0 Å². The van der Waals surface area contributed by atoms with Crippen molar-refractivity contribution in [3.8, 4) is 0 Å². The first-order chi connectivity index (χ1) is 9.43. The van der Waals surface area contributed by atoms with E-state index >= 15 is 0 Å². The van der Waals surface area contributed by atoms with Gasteiger partial charge in [-0.25, -0.2) is 12.7 Å².